The quantitative estimate of drug-likeness (QED) is 0.264. The lowest BCUT2D eigenvalue weighted by Crippen LogP contribution is -2.30. The minimum Gasteiger partial charge on any atom is -0.390 e. The van der Waals surface area contributed by atoms with E-state index in [1.807, 2.05) is 0 Å². The molecule has 0 spiro atoms. The summed E-state index contributed by atoms with van der Waals surface area (Å²) in [5.41, 5.74) is -4.94. The van der Waals surface area contributed by atoms with E-state index < -0.39 is 15.5 Å². The highest BCUT2D eigenvalue weighted by Gasteiger charge is 2.46. The minimum atomic E-state index is -5.70. The molecule has 0 saturated carbocycles. The molecule has 5 nitrogen and oxygen atoms in total. The molecule has 3 aromatic carbocycles. The van der Waals surface area contributed by atoms with Crippen LogP contribution in [0, 0.1) is 0 Å². The second kappa shape index (κ2) is 10.2. The van der Waals surface area contributed by atoms with E-state index in [1.165, 1.54) is 12.1 Å². The average molecular weight is 538 g/mol. The van der Waals surface area contributed by atoms with Gasteiger partial charge in [0.05, 0.1) is 15.7 Å². The molecule has 0 unspecified atom stereocenters. The topological polar surface area (TPSA) is 67.8 Å². The average Bonchev–Trinajstić information content (AvgIpc) is 2.75. The molecule has 0 aliphatic carbocycles. The van der Waals surface area contributed by atoms with Crippen molar-refractivity contribution in [2.24, 2.45) is 5.16 Å². The standard InChI is InChI=1S/C21H14Cl3F3N2O3S/c22-15-9-10-18(29-33(30,31)21(25,26)27)16(11-15)20(13-5-2-1-3-6-13)28-32-12-14-7-4-8-17(23)19(14)24/h1-11,29H,12H2. The normalized spacial score (nSPS) is 12.5. The number of rotatable bonds is 7. The van der Waals surface area contributed by atoms with Crippen LogP contribution in [0.3, 0.4) is 0 Å². The van der Waals surface area contributed by atoms with Crippen molar-refractivity contribution < 1.29 is 26.4 Å². The van der Waals surface area contributed by atoms with Gasteiger partial charge in [0.2, 0.25) is 0 Å². The Balaban J connectivity index is 2.06. The number of benzene rings is 3. The highest BCUT2D eigenvalue weighted by molar-refractivity contribution is 7.93. The Hall–Kier alpha value is -2.46. The van der Waals surface area contributed by atoms with E-state index in [9.17, 15) is 21.6 Å². The van der Waals surface area contributed by atoms with Crippen molar-refractivity contribution in [3.05, 3.63) is 98.5 Å². The molecule has 0 saturated heterocycles. The van der Waals surface area contributed by atoms with Gasteiger partial charge in [-0.1, -0.05) is 82.4 Å². The summed E-state index contributed by atoms with van der Waals surface area (Å²) in [6, 6.07) is 16.8. The molecule has 0 radical (unpaired) electrons. The highest BCUT2D eigenvalue weighted by atomic mass is 35.5. The van der Waals surface area contributed by atoms with Gasteiger partial charge in [-0.15, -0.1) is 0 Å². The van der Waals surface area contributed by atoms with E-state index in [-0.39, 0.29) is 33.6 Å². The van der Waals surface area contributed by atoms with Crippen molar-refractivity contribution in [3.63, 3.8) is 0 Å². The van der Waals surface area contributed by atoms with Crippen LogP contribution in [0.15, 0.2) is 71.9 Å². The van der Waals surface area contributed by atoms with Gasteiger partial charge < -0.3 is 4.84 Å². The van der Waals surface area contributed by atoms with Gasteiger partial charge in [-0.25, -0.2) is 0 Å². The van der Waals surface area contributed by atoms with Crippen LogP contribution in [-0.4, -0.2) is 19.6 Å². The van der Waals surface area contributed by atoms with Gasteiger partial charge in [-0.05, 0) is 24.3 Å². The first kappa shape index (κ1) is 25.2. The summed E-state index contributed by atoms with van der Waals surface area (Å²) in [7, 11) is -5.70. The molecule has 0 bridgehead atoms. The first-order valence-electron chi connectivity index (χ1n) is 9.07. The molecular formula is C21H14Cl3F3N2O3S. The number of nitrogens with one attached hydrogen (secondary N) is 1. The van der Waals surface area contributed by atoms with E-state index in [0.29, 0.717) is 16.1 Å². The lowest BCUT2D eigenvalue weighted by Gasteiger charge is -2.16. The molecular weight excluding hydrogens is 524 g/mol. The van der Waals surface area contributed by atoms with E-state index in [0.717, 1.165) is 6.07 Å². The molecule has 3 rings (SSSR count). The zero-order chi connectivity index (χ0) is 24.2. The van der Waals surface area contributed by atoms with E-state index in [1.54, 1.807) is 53.3 Å². The Bertz CT molecular complexity index is 1280. The van der Waals surface area contributed by atoms with Crippen LogP contribution in [0.1, 0.15) is 16.7 Å². The van der Waals surface area contributed by atoms with Gasteiger partial charge in [0.15, 0.2) is 0 Å². The number of sulfonamides is 1. The molecule has 12 heteroatoms. The number of hydrogen-bond donors (Lipinski definition) is 1. The summed E-state index contributed by atoms with van der Waals surface area (Å²) >= 11 is 18.2. The van der Waals surface area contributed by atoms with Crippen molar-refractivity contribution >= 4 is 56.2 Å². The summed E-state index contributed by atoms with van der Waals surface area (Å²) in [6.45, 7) is -0.111. The summed E-state index contributed by atoms with van der Waals surface area (Å²) in [6.07, 6.45) is 0. The number of anilines is 1. The van der Waals surface area contributed by atoms with Crippen molar-refractivity contribution in [1.82, 2.24) is 0 Å². The van der Waals surface area contributed by atoms with E-state index in [4.69, 9.17) is 39.6 Å². The summed E-state index contributed by atoms with van der Waals surface area (Å²) in [5, 5.41) is 4.77. The molecule has 1 N–H and O–H groups in total. The smallest absolute Gasteiger partial charge is 0.390 e. The maximum Gasteiger partial charge on any atom is 0.516 e. The van der Waals surface area contributed by atoms with Crippen LogP contribution < -0.4 is 4.72 Å². The first-order valence-corrected chi connectivity index (χ1v) is 11.7. The zero-order valence-electron chi connectivity index (χ0n) is 16.4. The van der Waals surface area contributed by atoms with Crippen LogP contribution in [0.4, 0.5) is 18.9 Å². The summed E-state index contributed by atoms with van der Waals surface area (Å²) in [4.78, 5) is 5.42. The number of halogens is 6. The predicted molar refractivity (Wildman–Crippen MR) is 123 cm³/mol. The molecule has 174 valence electrons. The Kier molecular flexibility index (Phi) is 7.79. The van der Waals surface area contributed by atoms with Gasteiger partial charge >= 0.3 is 15.5 Å². The molecule has 0 heterocycles. The Morgan fingerprint density at radius 2 is 1.67 bits per heavy atom. The number of nitrogens with zero attached hydrogens (tertiary/aromatic N) is 1. The maximum atomic E-state index is 13.0. The van der Waals surface area contributed by atoms with E-state index in [2.05, 4.69) is 5.16 Å². The third kappa shape index (κ3) is 6.11. The Morgan fingerprint density at radius 3 is 2.33 bits per heavy atom. The van der Waals surface area contributed by atoms with Crippen LogP contribution >= 0.6 is 34.8 Å². The summed E-state index contributed by atoms with van der Waals surface area (Å²) < 4.78 is 63.9. The second-order valence-corrected chi connectivity index (χ2v) is 9.43. The Labute approximate surface area is 202 Å². The van der Waals surface area contributed by atoms with Crippen LogP contribution in [-0.2, 0) is 21.5 Å². The van der Waals surface area contributed by atoms with Crippen molar-refractivity contribution in [2.45, 2.75) is 12.1 Å². The third-order valence-corrected chi connectivity index (χ3v) is 6.43. The number of alkyl halides is 3. The van der Waals surface area contributed by atoms with Gasteiger partial charge in [-0.2, -0.15) is 21.6 Å². The van der Waals surface area contributed by atoms with Crippen molar-refractivity contribution in [1.29, 1.82) is 0 Å². The largest absolute Gasteiger partial charge is 0.516 e. The van der Waals surface area contributed by atoms with Crippen LogP contribution in [0.25, 0.3) is 0 Å². The SMILES string of the molecule is O=S(=O)(Nc1ccc(Cl)cc1C(=NOCc1cccc(Cl)c1Cl)c1ccccc1)C(F)(F)F. The van der Waals surface area contributed by atoms with Crippen LogP contribution in [0.5, 0.6) is 0 Å². The molecule has 0 aromatic heterocycles. The van der Waals surface area contributed by atoms with E-state index >= 15 is 0 Å². The minimum absolute atomic E-state index is 0.0290. The molecule has 0 aliphatic rings. The maximum absolute atomic E-state index is 13.0. The molecule has 0 fully saturated rings. The fraction of sp³-hybridized carbons (Fsp3) is 0.0952. The number of hydrogen-bond acceptors (Lipinski definition) is 4. The monoisotopic (exact) mass is 536 g/mol. The fourth-order valence-corrected chi connectivity index (χ4v) is 3.81. The lowest BCUT2D eigenvalue weighted by atomic mass is 10.0. The first-order chi connectivity index (χ1) is 15.5. The molecule has 0 atom stereocenters. The van der Waals surface area contributed by atoms with Crippen molar-refractivity contribution in [2.75, 3.05) is 4.72 Å². The van der Waals surface area contributed by atoms with Gasteiger partial charge in [0.25, 0.3) is 0 Å². The molecule has 0 amide bonds. The van der Waals surface area contributed by atoms with Gasteiger partial charge in [0.1, 0.15) is 12.3 Å². The lowest BCUT2D eigenvalue weighted by molar-refractivity contribution is -0.0429. The predicted octanol–water partition coefficient (Wildman–Crippen LogP) is 6.88. The summed E-state index contributed by atoms with van der Waals surface area (Å²) in [5.74, 6) is 0. The van der Waals surface area contributed by atoms with Gasteiger partial charge in [-0.3, -0.25) is 4.72 Å². The molecule has 33 heavy (non-hydrogen) atoms. The van der Waals surface area contributed by atoms with Gasteiger partial charge in [0, 0.05) is 21.7 Å². The zero-order valence-corrected chi connectivity index (χ0v) is 19.5. The van der Waals surface area contributed by atoms with Crippen LogP contribution in [0.2, 0.25) is 15.1 Å². The molecule has 0 aliphatic heterocycles. The van der Waals surface area contributed by atoms with Crippen molar-refractivity contribution in [3.8, 4) is 0 Å². The third-order valence-electron chi connectivity index (χ3n) is 4.24. The Morgan fingerprint density at radius 1 is 0.970 bits per heavy atom. The number of oxime groups is 1. The second-order valence-electron chi connectivity index (χ2n) is 6.53. The molecule has 3 aromatic rings. The fourth-order valence-electron chi connectivity index (χ4n) is 2.68. The highest BCUT2D eigenvalue weighted by Crippen LogP contribution is 2.30.